The summed E-state index contributed by atoms with van der Waals surface area (Å²) >= 11 is 3.47. The Bertz CT molecular complexity index is 1470. The molecule has 1 aliphatic carbocycles. The van der Waals surface area contributed by atoms with E-state index in [1.807, 2.05) is 74.5 Å². The number of anilines is 1. The highest BCUT2D eigenvalue weighted by Gasteiger charge is 2.34. The Labute approximate surface area is 258 Å². The minimum absolute atomic E-state index is 0.0669. The molecule has 3 aromatic rings. The number of benzene rings is 3. The topological polar surface area (TPSA) is 86.8 Å². The number of sulfonamides is 1. The molecule has 1 atom stereocenters. The zero-order valence-corrected chi connectivity index (χ0v) is 27.0. The molecule has 0 spiro atoms. The summed E-state index contributed by atoms with van der Waals surface area (Å²) in [6, 6.07) is 21.8. The van der Waals surface area contributed by atoms with Crippen molar-refractivity contribution < 1.29 is 18.0 Å². The molecule has 4 rings (SSSR count). The van der Waals surface area contributed by atoms with Crippen LogP contribution in [0.15, 0.2) is 77.3 Å². The van der Waals surface area contributed by atoms with Gasteiger partial charge in [0.1, 0.15) is 12.6 Å². The summed E-state index contributed by atoms with van der Waals surface area (Å²) in [7, 11) is -3.80. The standard InChI is InChI=1S/C33H40BrN3O4S/c1-24-14-19-30(20-25(24)2)37(42(3,40)41)23-32(38)36(22-27-15-17-28(34)18-16-27)31(21-26-10-6-4-7-11-26)33(39)35-29-12-8-5-9-13-29/h4,6-7,10-11,14-20,29,31H,5,8-9,12-13,21-23H2,1-3H3,(H,35,39). The summed E-state index contributed by atoms with van der Waals surface area (Å²) in [6.07, 6.45) is 6.53. The third-order valence-electron chi connectivity index (χ3n) is 7.95. The number of nitrogens with zero attached hydrogens (tertiary/aromatic N) is 2. The normalized spacial score (nSPS) is 14.7. The van der Waals surface area contributed by atoms with E-state index >= 15 is 0 Å². The van der Waals surface area contributed by atoms with Crippen molar-refractivity contribution in [1.29, 1.82) is 0 Å². The minimum atomic E-state index is -3.80. The van der Waals surface area contributed by atoms with Gasteiger partial charge in [-0.2, -0.15) is 0 Å². The Kier molecular flexibility index (Phi) is 10.8. The van der Waals surface area contributed by atoms with Crippen LogP contribution in [-0.2, 0) is 32.6 Å². The van der Waals surface area contributed by atoms with Gasteiger partial charge in [-0.05, 0) is 73.2 Å². The highest BCUT2D eigenvalue weighted by atomic mass is 79.9. The summed E-state index contributed by atoms with van der Waals surface area (Å²) < 4.78 is 28.1. The van der Waals surface area contributed by atoms with Crippen LogP contribution in [0.2, 0.25) is 0 Å². The lowest BCUT2D eigenvalue weighted by molar-refractivity contribution is -0.140. The average molecular weight is 655 g/mol. The van der Waals surface area contributed by atoms with Crippen LogP contribution in [0, 0.1) is 13.8 Å². The number of amides is 2. The SMILES string of the molecule is Cc1ccc(N(CC(=O)N(Cc2ccc(Br)cc2)C(Cc2ccccc2)C(=O)NC2CCCCC2)S(C)(=O)=O)cc1C. The third kappa shape index (κ3) is 8.67. The van der Waals surface area contributed by atoms with Gasteiger partial charge in [-0.1, -0.05) is 83.7 Å². The van der Waals surface area contributed by atoms with Gasteiger partial charge in [0.15, 0.2) is 0 Å². The number of nitrogens with one attached hydrogen (secondary N) is 1. The number of carbonyl (C=O) groups is 2. The fourth-order valence-corrected chi connectivity index (χ4v) is 6.48. The second kappa shape index (κ2) is 14.3. The maximum atomic E-state index is 14.3. The van der Waals surface area contributed by atoms with Gasteiger partial charge in [-0.15, -0.1) is 0 Å². The van der Waals surface area contributed by atoms with Crippen molar-refractivity contribution >= 4 is 43.5 Å². The van der Waals surface area contributed by atoms with E-state index in [1.165, 1.54) is 0 Å². The van der Waals surface area contributed by atoms with Crippen molar-refractivity contribution in [3.05, 3.63) is 99.5 Å². The largest absolute Gasteiger partial charge is 0.352 e. The Hall–Kier alpha value is -3.17. The summed E-state index contributed by atoms with van der Waals surface area (Å²) in [4.78, 5) is 29.8. The predicted octanol–water partition coefficient (Wildman–Crippen LogP) is 5.92. The van der Waals surface area contributed by atoms with Crippen molar-refractivity contribution in [2.75, 3.05) is 17.1 Å². The number of aryl methyl sites for hydroxylation is 2. The Morgan fingerprint density at radius 2 is 1.57 bits per heavy atom. The molecule has 0 aliphatic heterocycles. The highest BCUT2D eigenvalue weighted by Crippen LogP contribution is 2.24. The van der Waals surface area contributed by atoms with Gasteiger partial charge in [0.2, 0.25) is 21.8 Å². The van der Waals surface area contributed by atoms with Crippen molar-refractivity contribution in [3.8, 4) is 0 Å². The Morgan fingerprint density at radius 1 is 0.905 bits per heavy atom. The predicted molar refractivity (Wildman–Crippen MR) is 172 cm³/mol. The summed E-state index contributed by atoms with van der Waals surface area (Å²) in [6.45, 7) is 3.60. The van der Waals surface area contributed by atoms with Crippen molar-refractivity contribution in [2.24, 2.45) is 0 Å². The zero-order chi connectivity index (χ0) is 30.3. The molecule has 3 aromatic carbocycles. The van der Waals surface area contributed by atoms with Gasteiger partial charge >= 0.3 is 0 Å². The molecule has 0 aromatic heterocycles. The number of halogens is 1. The van der Waals surface area contributed by atoms with Gasteiger partial charge in [0.05, 0.1) is 11.9 Å². The van der Waals surface area contributed by atoms with E-state index < -0.39 is 28.5 Å². The molecule has 0 heterocycles. The van der Waals surface area contributed by atoms with Crippen molar-refractivity contribution in [2.45, 2.75) is 71.0 Å². The van der Waals surface area contributed by atoms with Crippen LogP contribution in [0.4, 0.5) is 5.69 Å². The van der Waals surface area contributed by atoms with Gasteiger partial charge in [0.25, 0.3) is 0 Å². The molecule has 7 nitrogen and oxygen atoms in total. The molecule has 1 unspecified atom stereocenters. The monoisotopic (exact) mass is 653 g/mol. The van der Waals surface area contributed by atoms with Crippen LogP contribution in [0.25, 0.3) is 0 Å². The first-order chi connectivity index (χ1) is 20.0. The Morgan fingerprint density at radius 3 is 2.19 bits per heavy atom. The van der Waals surface area contributed by atoms with E-state index in [2.05, 4.69) is 21.2 Å². The maximum absolute atomic E-state index is 14.3. The second-order valence-electron chi connectivity index (χ2n) is 11.2. The number of hydrogen-bond acceptors (Lipinski definition) is 4. The van der Waals surface area contributed by atoms with E-state index in [4.69, 9.17) is 0 Å². The summed E-state index contributed by atoms with van der Waals surface area (Å²) in [5.41, 5.74) is 4.13. The van der Waals surface area contributed by atoms with Crippen molar-refractivity contribution in [3.63, 3.8) is 0 Å². The summed E-state index contributed by atoms with van der Waals surface area (Å²) in [5.74, 6) is -0.658. The molecule has 1 saturated carbocycles. The molecule has 42 heavy (non-hydrogen) atoms. The lowest BCUT2D eigenvalue weighted by Gasteiger charge is -2.35. The van der Waals surface area contributed by atoms with Gasteiger partial charge < -0.3 is 10.2 Å². The van der Waals surface area contributed by atoms with E-state index in [0.717, 1.165) is 69.4 Å². The average Bonchev–Trinajstić information content (AvgIpc) is 2.96. The van der Waals surface area contributed by atoms with Gasteiger partial charge in [0, 0.05) is 23.5 Å². The van der Waals surface area contributed by atoms with Gasteiger partial charge in [-0.25, -0.2) is 8.42 Å². The Balaban J connectivity index is 1.72. The molecule has 1 fully saturated rings. The van der Waals surface area contributed by atoms with Gasteiger partial charge in [-0.3, -0.25) is 13.9 Å². The molecule has 2 amide bonds. The molecular formula is C33H40BrN3O4S. The second-order valence-corrected chi connectivity index (χ2v) is 14.1. The fourth-order valence-electron chi connectivity index (χ4n) is 5.38. The van der Waals surface area contributed by atoms with Crippen LogP contribution < -0.4 is 9.62 Å². The minimum Gasteiger partial charge on any atom is -0.352 e. The van der Waals surface area contributed by atoms with Crippen LogP contribution in [-0.4, -0.2) is 50.0 Å². The van der Waals surface area contributed by atoms with E-state index in [-0.39, 0.29) is 18.5 Å². The highest BCUT2D eigenvalue weighted by molar-refractivity contribution is 9.10. The van der Waals surface area contributed by atoms with Crippen LogP contribution in [0.1, 0.15) is 54.4 Å². The van der Waals surface area contributed by atoms with E-state index in [0.29, 0.717) is 12.1 Å². The third-order valence-corrected chi connectivity index (χ3v) is 9.62. The van der Waals surface area contributed by atoms with Crippen LogP contribution in [0.3, 0.4) is 0 Å². The first-order valence-electron chi connectivity index (χ1n) is 14.4. The molecule has 1 aliphatic rings. The zero-order valence-electron chi connectivity index (χ0n) is 24.6. The van der Waals surface area contributed by atoms with Crippen LogP contribution in [0.5, 0.6) is 0 Å². The number of carbonyl (C=O) groups excluding carboxylic acids is 2. The maximum Gasteiger partial charge on any atom is 0.244 e. The first kappa shape index (κ1) is 31.8. The molecule has 9 heteroatoms. The molecular weight excluding hydrogens is 614 g/mol. The molecule has 0 saturated heterocycles. The smallest absolute Gasteiger partial charge is 0.244 e. The molecule has 0 radical (unpaired) electrons. The number of rotatable bonds is 11. The lowest BCUT2D eigenvalue weighted by atomic mass is 9.94. The van der Waals surface area contributed by atoms with Crippen LogP contribution >= 0.6 is 15.9 Å². The lowest BCUT2D eigenvalue weighted by Crippen LogP contribution is -2.55. The molecule has 0 bridgehead atoms. The quantitative estimate of drug-likeness (QED) is 0.278. The van der Waals surface area contributed by atoms with Crippen molar-refractivity contribution in [1.82, 2.24) is 10.2 Å². The van der Waals surface area contributed by atoms with E-state index in [9.17, 15) is 18.0 Å². The fraction of sp³-hybridized carbons (Fsp3) is 0.394. The van der Waals surface area contributed by atoms with E-state index in [1.54, 1.807) is 17.0 Å². The molecule has 1 N–H and O–H groups in total. The number of hydrogen-bond donors (Lipinski definition) is 1. The molecule has 224 valence electrons. The first-order valence-corrected chi connectivity index (χ1v) is 17.1. The summed E-state index contributed by atoms with van der Waals surface area (Å²) in [5, 5.41) is 3.23.